The number of hydrogen-bond acceptors (Lipinski definition) is 4. The second kappa shape index (κ2) is 5.98. The molecule has 0 amide bonds. The molecule has 1 unspecified atom stereocenters. The third-order valence-corrected chi connectivity index (χ3v) is 2.47. The van der Waals surface area contributed by atoms with Crippen molar-refractivity contribution in [3.8, 4) is 11.5 Å². The number of rotatable bonds is 5. The lowest BCUT2D eigenvalue weighted by Gasteiger charge is -2.16. The number of ether oxygens (including phenoxy) is 2. The molecule has 0 aliphatic heterocycles. The van der Waals surface area contributed by atoms with Crippen LogP contribution >= 0.6 is 0 Å². The second-order valence-electron chi connectivity index (χ2n) is 3.69. The van der Waals surface area contributed by atoms with Crippen molar-refractivity contribution < 1.29 is 14.7 Å². The van der Waals surface area contributed by atoms with E-state index in [2.05, 4.69) is 5.16 Å². The normalized spacial score (nSPS) is 13.2. The molecular weight excluding hydrogens is 220 g/mol. The molecule has 0 aliphatic carbocycles. The molecule has 0 saturated carbocycles. The first kappa shape index (κ1) is 13.2. The summed E-state index contributed by atoms with van der Waals surface area (Å²) in [6.07, 6.45) is 1.02. The van der Waals surface area contributed by atoms with Gasteiger partial charge in [0.1, 0.15) is 0 Å². The smallest absolute Gasteiger partial charge is 0.170 e. The van der Waals surface area contributed by atoms with E-state index in [0.29, 0.717) is 17.1 Å². The van der Waals surface area contributed by atoms with Crippen LogP contribution in [0.1, 0.15) is 25.8 Å². The highest BCUT2D eigenvalue weighted by Gasteiger charge is 2.10. The molecule has 0 aromatic heterocycles. The fraction of sp³-hybridized carbons (Fsp3) is 0.417. The van der Waals surface area contributed by atoms with Gasteiger partial charge in [-0.2, -0.15) is 0 Å². The average molecular weight is 238 g/mol. The van der Waals surface area contributed by atoms with Crippen LogP contribution in [0.4, 0.5) is 0 Å². The lowest BCUT2D eigenvalue weighted by molar-refractivity contribution is 0.207. The van der Waals surface area contributed by atoms with Gasteiger partial charge in [0.2, 0.25) is 0 Å². The quantitative estimate of drug-likeness (QED) is 0.356. The van der Waals surface area contributed by atoms with E-state index in [1.54, 1.807) is 25.3 Å². The summed E-state index contributed by atoms with van der Waals surface area (Å²) < 4.78 is 10.9. The monoisotopic (exact) mass is 238 g/mol. The summed E-state index contributed by atoms with van der Waals surface area (Å²) in [7, 11) is 1.55. The Morgan fingerprint density at radius 1 is 1.47 bits per heavy atom. The van der Waals surface area contributed by atoms with E-state index in [1.807, 2.05) is 13.8 Å². The van der Waals surface area contributed by atoms with Crippen LogP contribution in [0.2, 0.25) is 0 Å². The summed E-state index contributed by atoms with van der Waals surface area (Å²) in [6.45, 7) is 4.03. The number of nitrogens with zero attached hydrogens (tertiary/aromatic N) is 1. The van der Waals surface area contributed by atoms with Crippen molar-refractivity contribution in [2.75, 3.05) is 7.11 Å². The molecule has 1 aromatic carbocycles. The topological polar surface area (TPSA) is 77.1 Å². The van der Waals surface area contributed by atoms with E-state index in [-0.39, 0.29) is 11.9 Å². The summed E-state index contributed by atoms with van der Waals surface area (Å²) >= 11 is 0. The molecule has 0 fully saturated rings. The largest absolute Gasteiger partial charge is 0.493 e. The SMILES string of the molecule is CCC(C)Oc1ccc(/C(N)=N/O)cc1OC. The molecule has 0 spiro atoms. The minimum atomic E-state index is 0.0402. The first-order valence-corrected chi connectivity index (χ1v) is 5.45. The van der Waals surface area contributed by atoms with Crippen LogP contribution in [0, 0.1) is 0 Å². The van der Waals surface area contributed by atoms with Crippen LogP contribution in [0.25, 0.3) is 0 Å². The Bertz CT molecular complexity index is 405. The van der Waals surface area contributed by atoms with Crippen molar-refractivity contribution in [3.05, 3.63) is 23.8 Å². The van der Waals surface area contributed by atoms with Gasteiger partial charge in [-0.15, -0.1) is 0 Å². The summed E-state index contributed by atoms with van der Waals surface area (Å²) in [6, 6.07) is 5.14. The maximum absolute atomic E-state index is 8.60. The van der Waals surface area contributed by atoms with Crippen LogP contribution in [-0.4, -0.2) is 24.3 Å². The lowest BCUT2D eigenvalue weighted by atomic mass is 10.2. The Labute approximate surface area is 101 Å². The molecule has 17 heavy (non-hydrogen) atoms. The lowest BCUT2D eigenvalue weighted by Crippen LogP contribution is -2.14. The van der Waals surface area contributed by atoms with Crippen LogP contribution in [0.5, 0.6) is 11.5 Å². The summed E-state index contributed by atoms with van der Waals surface area (Å²) in [5.74, 6) is 1.25. The zero-order valence-corrected chi connectivity index (χ0v) is 10.3. The average Bonchev–Trinajstić information content (AvgIpc) is 2.37. The van der Waals surface area contributed by atoms with E-state index >= 15 is 0 Å². The van der Waals surface area contributed by atoms with Gasteiger partial charge in [-0.3, -0.25) is 0 Å². The summed E-state index contributed by atoms with van der Waals surface area (Å²) in [5.41, 5.74) is 6.08. The first-order valence-electron chi connectivity index (χ1n) is 5.45. The third-order valence-electron chi connectivity index (χ3n) is 2.47. The van der Waals surface area contributed by atoms with Gasteiger partial charge < -0.3 is 20.4 Å². The van der Waals surface area contributed by atoms with E-state index in [9.17, 15) is 0 Å². The van der Waals surface area contributed by atoms with Gasteiger partial charge in [-0.05, 0) is 31.5 Å². The number of oxime groups is 1. The zero-order valence-electron chi connectivity index (χ0n) is 10.3. The van der Waals surface area contributed by atoms with Crippen LogP contribution < -0.4 is 15.2 Å². The molecule has 5 nitrogen and oxygen atoms in total. The molecule has 3 N–H and O–H groups in total. The molecule has 5 heteroatoms. The Morgan fingerprint density at radius 2 is 2.18 bits per heavy atom. The summed E-state index contributed by atoms with van der Waals surface area (Å²) in [4.78, 5) is 0. The van der Waals surface area contributed by atoms with Crippen molar-refractivity contribution in [2.45, 2.75) is 26.4 Å². The zero-order chi connectivity index (χ0) is 12.8. The van der Waals surface area contributed by atoms with Crippen LogP contribution in [-0.2, 0) is 0 Å². The Hall–Kier alpha value is -1.91. The van der Waals surface area contributed by atoms with Crippen molar-refractivity contribution in [1.29, 1.82) is 0 Å². The molecule has 1 atom stereocenters. The highest BCUT2D eigenvalue weighted by atomic mass is 16.5. The Kier molecular flexibility index (Phi) is 4.63. The van der Waals surface area contributed by atoms with Crippen molar-refractivity contribution in [1.82, 2.24) is 0 Å². The molecule has 0 bridgehead atoms. The number of benzene rings is 1. The van der Waals surface area contributed by atoms with Crippen molar-refractivity contribution in [3.63, 3.8) is 0 Å². The number of hydrogen-bond donors (Lipinski definition) is 2. The van der Waals surface area contributed by atoms with E-state index in [0.717, 1.165) is 6.42 Å². The van der Waals surface area contributed by atoms with Gasteiger partial charge in [0.05, 0.1) is 13.2 Å². The first-order chi connectivity index (χ1) is 8.12. The van der Waals surface area contributed by atoms with Gasteiger partial charge in [0, 0.05) is 5.56 Å². The standard InChI is InChI=1S/C12H18N2O3/c1-4-8(2)17-10-6-5-9(12(13)14-15)7-11(10)16-3/h5-8,15H,4H2,1-3H3,(H2,13,14). The Balaban J connectivity index is 3.01. The highest BCUT2D eigenvalue weighted by molar-refractivity contribution is 5.97. The molecule has 0 radical (unpaired) electrons. The van der Waals surface area contributed by atoms with Crippen LogP contribution in [0.3, 0.4) is 0 Å². The summed E-state index contributed by atoms with van der Waals surface area (Å²) in [5, 5.41) is 11.5. The van der Waals surface area contributed by atoms with Gasteiger partial charge in [0.25, 0.3) is 0 Å². The maximum Gasteiger partial charge on any atom is 0.170 e. The van der Waals surface area contributed by atoms with Crippen molar-refractivity contribution in [2.24, 2.45) is 10.9 Å². The minimum Gasteiger partial charge on any atom is -0.493 e. The van der Waals surface area contributed by atoms with E-state index in [1.165, 1.54) is 0 Å². The van der Waals surface area contributed by atoms with E-state index < -0.39 is 0 Å². The van der Waals surface area contributed by atoms with Gasteiger partial charge >= 0.3 is 0 Å². The van der Waals surface area contributed by atoms with Gasteiger partial charge in [0.15, 0.2) is 17.3 Å². The van der Waals surface area contributed by atoms with Crippen LogP contribution in [0.15, 0.2) is 23.4 Å². The van der Waals surface area contributed by atoms with E-state index in [4.69, 9.17) is 20.4 Å². The molecule has 1 rings (SSSR count). The van der Waals surface area contributed by atoms with Gasteiger partial charge in [-0.1, -0.05) is 12.1 Å². The molecule has 94 valence electrons. The number of methoxy groups -OCH3 is 1. The molecular formula is C12H18N2O3. The Morgan fingerprint density at radius 3 is 2.71 bits per heavy atom. The second-order valence-corrected chi connectivity index (χ2v) is 3.69. The van der Waals surface area contributed by atoms with Gasteiger partial charge in [-0.25, -0.2) is 0 Å². The fourth-order valence-corrected chi connectivity index (χ4v) is 1.28. The molecule has 1 aromatic rings. The molecule has 0 aliphatic rings. The van der Waals surface area contributed by atoms with Crippen molar-refractivity contribution >= 4 is 5.84 Å². The number of nitrogens with two attached hydrogens (primary N) is 1. The molecule has 0 saturated heterocycles. The third kappa shape index (κ3) is 3.27. The predicted octanol–water partition coefficient (Wildman–Crippen LogP) is 1.97. The number of amidine groups is 1. The molecule has 0 heterocycles. The fourth-order valence-electron chi connectivity index (χ4n) is 1.28. The highest BCUT2D eigenvalue weighted by Crippen LogP contribution is 2.29. The predicted molar refractivity (Wildman–Crippen MR) is 65.9 cm³/mol. The maximum atomic E-state index is 8.60. The minimum absolute atomic E-state index is 0.0402.